The number of hydrogen-bond acceptors (Lipinski definition) is 5. The summed E-state index contributed by atoms with van der Waals surface area (Å²) in [7, 11) is 0. The third kappa shape index (κ3) is 3.89. The molecule has 134 valence electrons. The van der Waals surface area contributed by atoms with E-state index >= 15 is 0 Å². The van der Waals surface area contributed by atoms with Crippen LogP contribution < -0.4 is 9.47 Å². The van der Waals surface area contributed by atoms with E-state index in [0.717, 1.165) is 5.56 Å². The molecule has 1 aliphatic rings. The van der Waals surface area contributed by atoms with E-state index in [0.29, 0.717) is 22.1 Å². The minimum Gasteiger partial charge on any atom is -0.479 e. The number of Topliss-reactive ketones (excluding diaryl/α,β-unsaturated/α-hetero) is 1. The highest BCUT2D eigenvalue weighted by atomic mass is 35.5. The average molecular weight is 373 g/mol. The molecule has 2 aromatic carbocycles. The van der Waals surface area contributed by atoms with Gasteiger partial charge in [0.05, 0.1) is 12.2 Å². The molecule has 0 N–H and O–H groups in total. The summed E-state index contributed by atoms with van der Waals surface area (Å²) < 4.78 is 16.1. The van der Waals surface area contributed by atoms with Gasteiger partial charge in [0.2, 0.25) is 5.78 Å². The van der Waals surface area contributed by atoms with Crippen molar-refractivity contribution in [3.05, 3.63) is 64.4 Å². The first-order valence-electron chi connectivity index (χ1n) is 8.15. The van der Waals surface area contributed by atoms with E-state index < -0.39 is 12.1 Å². The average Bonchev–Trinajstić information content (AvgIpc) is 2.92. The van der Waals surface area contributed by atoms with Gasteiger partial charge in [-0.1, -0.05) is 23.7 Å². The molecule has 0 saturated carbocycles. The van der Waals surface area contributed by atoms with Gasteiger partial charge in [0, 0.05) is 11.1 Å². The van der Waals surface area contributed by atoms with Gasteiger partial charge in [-0.15, -0.1) is 0 Å². The quantitative estimate of drug-likeness (QED) is 0.579. The van der Waals surface area contributed by atoms with E-state index in [1.54, 1.807) is 62.4 Å². The van der Waals surface area contributed by atoms with Crippen LogP contribution in [0.2, 0.25) is 5.02 Å². The van der Waals surface area contributed by atoms with Gasteiger partial charge >= 0.3 is 5.97 Å². The van der Waals surface area contributed by atoms with Crippen LogP contribution in [0.4, 0.5) is 0 Å². The standard InChI is InChI=1S/C20H17ClO5/c1-3-24-20(23)12(2)25-15-8-9-16-17(11-15)26-18(19(16)22)10-13-4-6-14(21)7-5-13/h4-12H,3H2,1-2H3/b18-10-/t12-/m1/s1. The summed E-state index contributed by atoms with van der Waals surface area (Å²) in [5.74, 6) is 0.375. The summed E-state index contributed by atoms with van der Waals surface area (Å²) in [6, 6.07) is 11.9. The smallest absolute Gasteiger partial charge is 0.347 e. The second kappa shape index (κ2) is 7.62. The molecule has 0 spiro atoms. The second-order valence-electron chi connectivity index (χ2n) is 5.66. The normalized spacial score (nSPS) is 15.3. The fraction of sp³-hybridized carbons (Fsp3) is 0.200. The molecule has 0 aromatic heterocycles. The molecule has 2 aromatic rings. The van der Waals surface area contributed by atoms with Crippen molar-refractivity contribution in [1.82, 2.24) is 0 Å². The SMILES string of the molecule is CCOC(=O)[C@@H](C)Oc1ccc2c(c1)O/C(=C\c1ccc(Cl)cc1)C2=O. The molecule has 1 aliphatic heterocycles. The van der Waals surface area contributed by atoms with E-state index in [1.165, 1.54) is 0 Å². The van der Waals surface area contributed by atoms with Crippen molar-refractivity contribution in [2.24, 2.45) is 0 Å². The maximum Gasteiger partial charge on any atom is 0.347 e. The Bertz CT molecular complexity index is 870. The molecule has 0 fully saturated rings. The zero-order valence-electron chi connectivity index (χ0n) is 14.3. The number of fused-ring (bicyclic) bond motifs is 1. The van der Waals surface area contributed by atoms with Crippen LogP contribution in [-0.4, -0.2) is 24.5 Å². The summed E-state index contributed by atoms with van der Waals surface area (Å²) in [6.45, 7) is 3.62. The molecule has 1 atom stereocenters. The summed E-state index contributed by atoms with van der Waals surface area (Å²) in [6.07, 6.45) is 0.898. The van der Waals surface area contributed by atoms with Crippen LogP contribution in [0.25, 0.3) is 6.08 Å². The molecule has 0 radical (unpaired) electrons. The van der Waals surface area contributed by atoms with Gasteiger partial charge in [0.1, 0.15) is 11.5 Å². The summed E-state index contributed by atoms with van der Waals surface area (Å²) >= 11 is 5.87. The Kier molecular flexibility index (Phi) is 5.28. The van der Waals surface area contributed by atoms with Crippen LogP contribution in [0.3, 0.4) is 0 Å². The number of ketones is 1. The fourth-order valence-corrected chi connectivity index (χ4v) is 2.59. The predicted molar refractivity (Wildman–Crippen MR) is 97.6 cm³/mol. The lowest BCUT2D eigenvalue weighted by Gasteiger charge is -2.13. The van der Waals surface area contributed by atoms with Gasteiger partial charge in [-0.3, -0.25) is 4.79 Å². The van der Waals surface area contributed by atoms with Gasteiger partial charge in [-0.2, -0.15) is 0 Å². The highest BCUT2D eigenvalue weighted by Gasteiger charge is 2.28. The molecular weight excluding hydrogens is 356 g/mol. The number of hydrogen-bond donors (Lipinski definition) is 0. The Hall–Kier alpha value is -2.79. The summed E-state index contributed by atoms with van der Waals surface area (Å²) in [4.78, 5) is 24.1. The van der Waals surface area contributed by atoms with Crippen molar-refractivity contribution < 1.29 is 23.8 Å². The maximum atomic E-state index is 12.5. The van der Waals surface area contributed by atoms with Crippen LogP contribution in [0.1, 0.15) is 29.8 Å². The number of benzene rings is 2. The monoisotopic (exact) mass is 372 g/mol. The van der Waals surface area contributed by atoms with Crippen LogP contribution in [0, 0.1) is 0 Å². The number of ether oxygens (including phenoxy) is 3. The van der Waals surface area contributed by atoms with Crippen LogP contribution >= 0.6 is 11.6 Å². The van der Waals surface area contributed by atoms with Crippen molar-refractivity contribution >= 4 is 29.4 Å². The first-order valence-corrected chi connectivity index (χ1v) is 8.53. The van der Waals surface area contributed by atoms with Crippen molar-refractivity contribution in [2.45, 2.75) is 20.0 Å². The molecule has 3 rings (SSSR count). The Morgan fingerprint density at radius 3 is 2.65 bits per heavy atom. The van der Waals surface area contributed by atoms with Gasteiger partial charge < -0.3 is 14.2 Å². The first-order chi connectivity index (χ1) is 12.5. The van der Waals surface area contributed by atoms with E-state index in [2.05, 4.69) is 0 Å². The topological polar surface area (TPSA) is 61.8 Å². The molecule has 5 nitrogen and oxygen atoms in total. The zero-order chi connectivity index (χ0) is 18.7. The Morgan fingerprint density at radius 2 is 1.96 bits per heavy atom. The third-order valence-corrected chi connectivity index (χ3v) is 3.99. The van der Waals surface area contributed by atoms with E-state index in [-0.39, 0.29) is 18.1 Å². The van der Waals surface area contributed by atoms with Crippen molar-refractivity contribution in [3.8, 4) is 11.5 Å². The van der Waals surface area contributed by atoms with Crippen molar-refractivity contribution in [1.29, 1.82) is 0 Å². The lowest BCUT2D eigenvalue weighted by molar-refractivity contribution is -0.150. The molecule has 6 heteroatoms. The highest BCUT2D eigenvalue weighted by Crippen LogP contribution is 2.35. The summed E-state index contributed by atoms with van der Waals surface area (Å²) in [5.41, 5.74) is 1.25. The minimum atomic E-state index is -0.755. The molecule has 0 bridgehead atoms. The van der Waals surface area contributed by atoms with E-state index in [1.807, 2.05) is 0 Å². The molecule has 0 aliphatic carbocycles. The number of halogens is 1. The first kappa shape index (κ1) is 18.0. The largest absolute Gasteiger partial charge is 0.479 e. The Balaban J connectivity index is 1.77. The lowest BCUT2D eigenvalue weighted by atomic mass is 10.1. The van der Waals surface area contributed by atoms with Gasteiger partial charge in [0.15, 0.2) is 11.9 Å². The van der Waals surface area contributed by atoms with E-state index in [4.69, 9.17) is 25.8 Å². The molecule has 0 saturated heterocycles. The van der Waals surface area contributed by atoms with Crippen LogP contribution in [0.15, 0.2) is 48.2 Å². The van der Waals surface area contributed by atoms with Crippen molar-refractivity contribution in [3.63, 3.8) is 0 Å². The van der Waals surface area contributed by atoms with Gasteiger partial charge in [0.25, 0.3) is 0 Å². The predicted octanol–water partition coefficient (Wildman–Crippen LogP) is 4.29. The number of carbonyl (C=O) groups is 2. The maximum absolute atomic E-state index is 12.5. The van der Waals surface area contributed by atoms with Crippen LogP contribution in [0.5, 0.6) is 11.5 Å². The molecule has 0 unspecified atom stereocenters. The minimum absolute atomic E-state index is 0.208. The molecule has 1 heterocycles. The van der Waals surface area contributed by atoms with Gasteiger partial charge in [-0.25, -0.2) is 4.79 Å². The highest BCUT2D eigenvalue weighted by molar-refractivity contribution is 6.30. The second-order valence-corrected chi connectivity index (χ2v) is 6.10. The van der Waals surface area contributed by atoms with E-state index in [9.17, 15) is 9.59 Å². The Labute approximate surface area is 156 Å². The number of carbonyl (C=O) groups excluding carboxylic acids is 2. The van der Waals surface area contributed by atoms with Crippen molar-refractivity contribution in [2.75, 3.05) is 6.61 Å². The molecular formula is C20H17ClO5. The fourth-order valence-electron chi connectivity index (χ4n) is 2.46. The van der Waals surface area contributed by atoms with Gasteiger partial charge in [-0.05, 0) is 49.8 Å². The number of allylic oxidation sites excluding steroid dienone is 1. The lowest BCUT2D eigenvalue weighted by Crippen LogP contribution is -2.26. The zero-order valence-corrected chi connectivity index (χ0v) is 15.1. The number of rotatable bonds is 5. The number of esters is 1. The Morgan fingerprint density at radius 1 is 1.23 bits per heavy atom. The van der Waals surface area contributed by atoms with Crippen LogP contribution in [-0.2, 0) is 9.53 Å². The molecule has 0 amide bonds. The third-order valence-electron chi connectivity index (χ3n) is 3.74. The molecule has 26 heavy (non-hydrogen) atoms. The summed E-state index contributed by atoms with van der Waals surface area (Å²) in [5, 5.41) is 0.617.